The molecule has 0 saturated carbocycles. The van der Waals surface area contributed by atoms with Crippen LogP contribution in [0.15, 0.2) is 0 Å². The first-order valence-corrected chi connectivity index (χ1v) is 3.26. The molecule has 1 rings (SSSR count). The molecule has 1 aliphatic rings. The molecule has 58 valence electrons. The third kappa shape index (κ3) is 1.39. The Morgan fingerprint density at radius 3 is 3.10 bits per heavy atom. The second-order valence-corrected chi connectivity index (χ2v) is 2.40. The molecule has 1 saturated heterocycles. The van der Waals surface area contributed by atoms with E-state index >= 15 is 0 Å². The smallest absolute Gasteiger partial charge is 0.409 e. The average Bonchev–Trinajstić information content (AvgIpc) is 1.95. The first-order valence-electron chi connectivity index (χ1n) is 3.26. The van der Waals surface area contributed by atoms with E-state index in [1.807, 2.05) is 0 Å². The Bertz CT molecular complexity index is 137. The van der Waals surface area contributed by atoms with E-state index in [0.717, 1.165) is 6.42 Å². The van der Waals surface area contributed by atoms with Crippen LogP contribution in [0.4, 0.5) is 4.79 Å². The van der Waals surface area contributed by atoms with Crippen LogP contribution in [0.5, 0.6) is 0 Å². The summed E-state index contributed by atoms with van der Waals surface area (Å²) in [5.74, 6) is 0. The molecule has 4 nitrogen and oxygen atoms in total. The van der Waals surface area contributed by atoms with Gasteiger partial charge in [-0.2, -0.15) is 0 Å². The predicted octanol–water partition coefficient (Wildman–Crippen LogP) is -0.181. The monoisotopic (exact) mass is 145 g/mol. The van der Waals surface area contributed by atoms with Gasteiger partial charge in [-0.15, -0.1) is 0 Å². The number of aliphatic hydroxyl groups is 1. The highest BCUT2D eigenvalue weighted by Crippen LogP contribution is 2.08. The van der Waals surface area contributed by atoms with Gasteiger partial charge in [0.2, 0.25) is 0 Å². The van der Waals surface area contributed by atoms with Crippen LogP contribution < -0.4 is 0 Å². The molecule has 1 N–H and O–H groups in total. The number of carbonyl (C=O) groups is 1. The Hall–Kier alpha value is -0.770. The highest BCUT2D eigenvalue weighted by molar-refractivity contribution is 5.68. The molecule has 1 atom stereocenters. The zero-order valence-electron chi connectivity index (χ0n) is 5.91. The van der Waals surface area contributed by atoms with Crippen LogP contribution in [-0.4, -0.2) is 42.4 Å². The molecule has 0 aromatic carbocycles. The van der Waals surface area contributed by atoms with Crippen LogP contribution in [0.1, 0.15) is 6.42 Å². The van der Waals surface area contributed by atoms with Crippen molar-refractivity contribution in [3.63, 3.8) is 0 Å². The number of cyclic esters (lactones) is 1. The van der Waals surface area contributed by atoms with E-state index in [1.54, 1.807) is 7.05 Å². The van der Waals surface area contributed by atoms with Gasteiger partial charge in [-0.25, -0.2) is 4.79 Å². The van der Waals surface area contributed by atoms with E-state index in [-0.39, 0.29) is 18.8 Å². The number of rotatable bonds is 1. The van der Waals surface area contributed by atoms with Gasteiger partial charge in [0, 0.05) is 20.0 Å². The molecule has 1 heterocycles. The van der Waals surface area contributed by atoms with Gasteiger partial charge in [0.1, 0.15) is 6.10 Å². The Labute approximate surface area is 59.4 Å². The van der Waals surface area contributed by atoms with Crippen molar-refractivity contribution in [1.29, 1.82) is 0 Å². The number of carbonyl (C=O) groups excluding carboxylic acids is 1. The number of amides is 1. The summed E-state index contributed by atoms with van der Waals surface area (Å²) in [5, 5.41) is 8.60. The zero-order valence-corrected chi connectivity index (χ0v) is 5.91. The van der Waals surface area contributed by atoms with Gasteiger partial charge >= 0.3 is 6.09 Å². The van der Waals surface area contributed by atoms with E-state index in [0.29, 0.717) is 6.54 Å². The number of hydrogen-bond acceptors (Lipinski definition) is 3. The molecule has 0 aromatic heterocycles. The second-order valence-electron chi connectivity index (χ2n) is 2.40. The minimum absolute atomic E-state index is 0.0699. The molecule has 1 amide bonds. The fourth-order valence-corrected chi connectivity index (χ4v) is 0.849. The number of hydrogen-bond donors (Lipinski definition) is 1. The lowest BCUT2D eigenvalue weighted by Crippen LogP contribution is -2.40. The largest absolute Gasteiger partial charge is 0.444 e. The van der Waals surface area contributed by atoms with Crippen molar-refractivity contribution in [3.05, 3.63) is 0 Å². The third-order valence-electron chi connectivity index (χ3n) is 1.57. The molecule has 0 spiro atoms. The quantitative estimate of drug-likeness (QED) is 0.556. The molecule has 0 aromatic rings. The summed E-state index contributed by atoms with van der Waals surface area (Å²) >= 11 is 0. The summed E-state index contributed by atoms with van der Waals surface area (Å²) < 4.78 is 4.78. The molecule has 0 radical (unpaired) electrons. The third-order valence-corrected chi connectivity index (χ3v) is 1.57. The van der Waals surface area contributed by atoms with Crippen molar-refractivity contribution in [2.75, 3.05) is 20.2 Å². The maximum atomic E-state index is 10.8. The molecule has 0 aliphatic carbocycles. The van der Waals surface area contributed by atoms with Gasteiger partial charge in [-0.3, -0.25) is 0 Å². The minimum atomic E-state index is -0.342. The zero-order chi connectivity index (χ0) is 7.56. The van der Waals surface area contributed by atoms with Gasteiger partial charge in [0.05, 0.1) is 6.61 Å². The highest BCUT2D eigenvalue weighted by atomic mass is 16.6. The average molecular weight is 145 g/mol. The van der Waals surface area contributed by atoms with Crippen LogP contribution in [-0.2, 0) is 4.74 Å². The molecule has 10 heavy (non-hydrogen) atoms. The maximum Gasteiger partial charge on any atom is 0.409 e. The van der Waals surface area contributed by atoms with Crippen molar-refractivity contribution in [3.8, 4) is 0 Å². The van der Waals surface area contributed by atoms with Crippen LogP contribution in [0.3, 0.4) is 0 Å². The highest BCUT2D eigenvalue weighted by Gasteiger charge is 2.22. The van der Waals surface area contributed by atoms with Crippen molar-refractivity contribution in [2.24, 2.45) is 0 Å². The molecule has 4 heteroatoms. The number of aliphatic hydroxyl groups excluding tert-OH is 1. The van der Waals surface area contributed by atoms with Crippen molar-refractivity contribution in [2.45, 2.75) is 12.5 Å². The summed E-state index contributed by atoms with van der Waals surface area (Å²) in [6.45, 7) is 0.601. The Morgan fingerprint density at radius 1 is 1.90 bits per heavy atom. The summed E-state index contributed by atoms with van der Waals surface area (Å²) in [6, 6.07) is 0. The first-order chi connectivity index (χ1) is 4.74. The minimum Gasteiger partial charge on any atom is -0.444 e. The predicted molar refractivity (Wildman–Crippen MR) is 34.6 cm³/mol. The van der Waals surface area contributed by atoms with Gasteiger partial charge in [0.15, 0.2) is 0 Å². The van der Waals surface area contributed by atoms with Gasteiger partial charge in [0.25, 0.3) is 0 Å². The SMILES string of the molecule is CN1CCC(CO)OC1=O. The topological polar surface area (TPSA) is 49.8 Å². The Morgan fingerprint density at radius 2 is 2.60 bits per heavy atom. The summed E-state index contributed by atoms with van der Waals surface area (Å²) in [4.78, 5) is 12.2. The van der Waals surface area contributed by atoms with Crippen LogP contribution in [0, 0.1) is 0 Å². The van der Waals surface area contributed by atoms with E-state index in [1.165, 1.54) is 4.90 Å². The van der Waals surface area contributed by atoms with Crippen LogP contribution in [0.25, 0.3) is 0 Å². The van der Waals surface area contributed by atoms with E-state index < -0.39 is 0 Å². The Kier molecular flexibility index (Phi) is 2.11. The van der Waals surface area contributed by atoms with Gasteiger partial charge in [-0.1, -0.05) is 0 Å². The first kappa shape index (κ1) is 7.34. The van der Waals surface area contributed by atoms with Crippen molar-refractivity contribution < 1.29 is 14.6 Å². The lowest BCUT2D eigenvalue weighted by Gasteiger charge is -2.27. The molecular formula is C6H11NO3. The lowest BCUT2D eigenvalue weighted by molar-refractivity contribution is 0.00536. The number of ether oxygens (including phenoxy) is 1. The fourth-order valence-electron chi connectivity index (χ4n) is 0.849. The second kappa shape index (κ2) is 2.88. The lowest BCUT2D eigenvalue weighted by atomic mass is 10.2. The maximum absolute atomic E-state index is 10.8. The van der Waals surface area contributed by atoms with Crippen LogP contribution >= 0.6 is 0 Å². The van der Waals surface area contributed by atoms with Crippen molar-refractivity contribution in [1.82, 2.24) is 4.90 Å². The van der Waals surface area contributed by atoms with Crippen molar-refractivity contribution >= 4 is 6.09 Å². The normalized spacial score (nSPS) is 26.4. The number of nitrogens with zero attached hydrogens (tertiary/aromatic N) is 1. The fraction of sp³-hybridized carbons (Fsp3) is 0.833. The van der Waals surface area contributed by atoms with Gasteiger partial charge in [-0.05, 0) is 0 Å². The Balaban J connectivity index is 2.41. The summed E-state index contributed by atoms with van der Waals surface area (Å²) in [5.41, 5.74) is 0. The molecule has 1 aliphatic heterocycles. The molecule has 1 unspecified atom stereocenters. The van der Waals surface area contributed by atoms with Gasteiger partial charge < -0.3 is 14.7 Å². The van der Waals surface area contributed by atoms with Crippen LogP contribution in [0.2, 0.25) is 0 Å². The summed E-state index contributed by atoms with van der Waals surface area (Å²) in [6.07, 6.45) is 0.0904. The van der Waals surface area contributed by atoms with E-state index in [2.05, 4.69) is 0 Å². The van der Waals surface area contributed by atoms with E-state index in [4.69, 9.17) is 9.84 Å². The standard InChI is InChI=1S/C6H11NO3/c1-7-3-2-5(4-8)10-6(7)9/h5,8H,2-4H2,1H3. The molecule has 0 bridgehead atoms. The molecule has 1 fully saturated rings. The van der Waals surface area contributed by atoms with E-state index in [9.17, 15) is 4.79 Å². The molecular weight excluding hydrogens is 134 g/mol. The summed E-state index contributed by atoms with van der Waals surface area (Å²) in [7, 11) is 1.68.